The van der Waals surface area contributed by atoms with Gasteiger partial charge in [0.15, 0.2) is 0 Å². The predicted octanol–water partition coefficient (Wildman–Crippen LogP) is 3.25. The molecule has 6 heteroatoms. The Kier molecular flexibility index (Phi) is 3.73. The van der Waals surface area contributed by atoms with Crippen molar-refractivity contribution < 1.29 is 9.72 Å². The number of nitrogens with zero attached hydrogens (tertiary/aromatic N) is 2. The molecule has 0 radical (unpaired) electrons. The number of rotatable bonds is 3. The molecule has 1 aliphatic rings. The Morgan fingerprint density at radius 2 is 1.91 bits per heavy atom. The number of benzene rings is 2. The van der Waals surface area contributed by atoms with Crippen LogP contribution in [0.2, 0.25) is 0 Å². The number of amides is 1. The first kappa shape index (κ1) is 15.0. The average Bonchev–Trinajstić information content (AvgIpc) is 2.52. The molecule has 3 rings (SSSR count). The highest BCUT2D eigenvalue weighted by Gasteiger charge is 2.29. The normalized spacial score (nSPS) is 16.7. The van der Waals surface area contributed by atoms with E-state index in [0.29, 0.717) is 6.54 Å². The van der Waals surface area contributed by atoms with Crippen molar-refractivity contribution in [2.24, 2.45) is 0 Å². The van der Waals surface area contributed by atoms with Crippen LogP contribution in [0.3, 0.4) is 0 Å². The summed E-state index contributed by atoms with van der Waals surface area (Å²) >= 11 is 0. The Bertz CT molecular complexity index is 771. The van der Waals surface area contributed by atoms with Crippen molar-refractivity contribution in [1.82, 2.24) is 0 Å². The van der Waals surface area contributed by atoms with E-state index in [1.807, 2.05) is 32.0 Å². The summed E-state index contributed by atoms with van der Waals surface area (Å²) in [7, 11) is 0. The highest BCUT2D eigenvalue weighted by atomic mass is 16.6. The molecule has 23 heavy (non-hydrogen) atoms. The Hall–Kier alpha value is -2.89. The number of hydrogen-bond acceptors (Lipinski definition) is 4. The molecule has 0 aliphatic carbocycles. The van der Waals surface area contributed by atoms with Gasteiger partial charge in [0.25, 0.3) is 5.69 Å². The lowest BCUT2D eigenvalue weighted by Crippen LogP contribution is -2.45. The standard InChI is InChI=1S/C17H17N3O3/c1-11-3-8-16-15(9-11)18-12(2)17(21)19(16)10-13-4-6-14(7-5-13)20(22)23/h3-9,12,18H,10H2,1-2H3. The summed E-state index contributed by atoms with van der Waals surface area (Å²) < 4.78 is 0. The van der Waals surface area contributed by atoms with Gasteiger partial charge in [-0.05, 0) is 37.1 Å². The minimum absolute atomic E-state index is 0.0142. The highest BCUT2D eigenvalue weighted by molar-refractivity contribution is 6.04. The summed E-state index contributed by atoms with van der Waals surface area (Å²) in [5.41, 5.74) is 3.78. The first-order valence-corrected chi connectivity index (χ1v) is 7.37. The molecular weight excluding hydrogens is 294 g/mol. The van der Waals surface area contributed by atoms with Crippen LogP contribution < -0.4 is 10.2 Å². The van der Waals surface area contributed by atoms with Gasteiger partial charge in [-0.15, -0.1) is 0 Å². The quantitative estimate of drug-likeness (QED) is 0.697. The van der Waals surface area contributed by atoms with Crippen molar-refractivity contribution in [3.63, 3.8) is 0 Å². The fourth-order valence-corrected chi connectivity index (χ4v) is 2.72. The summed E-state index contributed by atoms with van der Waals surface area (Å²) in [6.45, 7) is 4.22. The zero-order valence-corrected chi connectivity index (χ0v) is 12.9. The van der Waals surface area contributed by atoms with Crippen LogP contribution in [0.5, 0.6) is 0 Å². The number of carbonyl (C=O) groups excluding carboxylic acids is 1. The SMILES string of the molecule is Cc1ccc2c(c1)NC(C)C(=O)N2Cc1ccc([N+](=O)[O-])cc1. The monoisotopic (exact) mass is 311 g/mol. The van der Waals surface area contributed by atoms with Crippen molar-refractivity contribution in [3.05, 3.63) is 63.7 Å². The third-order valence-corrected chi connectivity index (χ3v) is 3.94. The molecule has 1 unspecified atom stereocenters. The number of non-ortho nitro benzene ring substituents is 1. The summed E-state index contributed by atoms with van der Waals surface area (Å²) in [4.78, 5) is 24.5. The molecule has 0 aromatic heterocycles. The Balaban J connectivity index is 1.92. The molecule has 1 amide bonds. The second kappa shape index (κ2) is 5.72. The number of nitro groups is 1. The molecule has 0 fully saturated rings. The predicted molar refractivity (Wildman–Crippen MR) is 88.6 cm³/mol. The second-order valence-corrected chi connectivity index (χ2v) is 5.73. The van der Waals surface area contributed by atoms with Crippen molar-refractivity contribution in [2.75, 3.05) is 10.2 Å². The summed E-state index contributed by atoms with van der Waals surface area (Å²) in [5, 5.41) is 13.9. The molecule has 0 spiro atoms. The Morgan fingerprint density at radius 3 is 2.57 bits per heavy atom. The van der Waals surface area contributed by atoms with E-state index in [1.165, 1.54) is 12.1 Å². The molecule has 0 saturated carbocycles. The third kappa shape index (κ3) is 2.88. The fraction of sp³-hybridized carbons (Fsp3) is 0.235. The largest absolute Gasteiger partial charge is 0.372 e. The first-order valence-electron chi connectivity index (χ1n) is 7.37. The van der Waals surface area contributed by atoms with Crippen molar-refractivity contribution in [3.8, 4) is 0 Å². The van der Waals surface area contributed by atoms with E-state index in [9.17, 15) is 14.9 Å². The lowest BCUT2D eigenvalue weighted by Gasteiger charge is -2.34. The van der Waals surface area contributed by atoms with Crippen LogP contribution in [0.4, 0.5) is 17.1 Å². The minimum Gasteiger partial charge on any atom is -0.372 e. The van der Waals surface area contributed by atoms with Crippen LogP contribution in [-0.2, 0) is 11.3 Å². The second-order valence-electron chi connectivity index (χ2n) is 5.73. The number of hydrogen-bond donors (Lipinski definition) is 1. The van der Waals surface area contributed by atoms with Gasteiger partial charge in [0.1, 0.15) is 6.04 Å². The van der Waals surface area contributed by atoms with Gasteiger partial charge in [-0.1, -0.05) is 18.2 Å². The van der Waals surface area contributed by atoms with Gasteiger partial charge in [0.05, 0.1) is 22.8 Å². The van der Waals surface area contributed by atoms with E-state index in [1.54, 1.807) is 17.0 Å². The van der Waals surface area contributed by atoms with Gasteiger partial charge >= 0.3 is 0 Å². The van der Waals surface area contributed by atoms with E-state index in [-0.39, 0.29) is 17.6 Å². The van der Waals surface area contributed by atoms with E-state index in [0.717, 1.165) is 22.5 Å². The zero-order valence-electron chi connectivity index (χ0n) is 12.9. The number of anilines is 2. The fourth-order valence-electron chi connectivity index (χ4n) is 2.72. The van der Waals surface area contributed by atoms with Crippen LogP contribution in [0.1, 0.15) is 18.1 Å². The van der Waals surface area contributed by atoms with Crippen LogP contribution in [0.15, 0.2) is 42.5 Å². The van der Waals surface area contributed by atoms with Crippen molar-refractivity contribution in [1.29, 1.82) is 0 Å². The average molecular weight is 311 g/mol. The van der Waals surface area contributed by atoms with Crippen molar-refractivity contribution >= 4 is 23.0 Å². The van der Waals surface area contributed by atoms with Crippen LogP contribution in [-0.4, -0.2) is 16.9 Å². The van der Waals surface area contributed by atoms with Gasteiger partial charge in [-0.2, -0.15) is 0 Å². The van der Waals surface area contributed by atoms with Gasteiger partial charge in [0.2, 0.25) is 5.91 Å². The smallest absolute Gasteiger partial charge is 0.269 e. The number of aryl methyl sites for hydroxylation is 1. The summed E-state index contributed by atoms with van der Waals surface area (Å²) in [6, 6.07) is 11.9. The first-order chi connectivity index (χ1) is 11.0. The maximum atomic E-state index is 12.5. The number of nitrogens with one attached hydrogen (secondary N) is 1. The molecule has 2 aromatic rings. The maximum Gasteiger partial charge on any atom is 0.269 e. The molecule has 0 bridgehead atoms. The third-order valence-electron chi connectivity index (χ3n) is 3.94. The molecule has 1 heterocycles. The maximum absolute atomic E-state index is 12.5. The van der Waals surface area contributed by atoms with Gasteiger partial charge in [-0.3, -0.25) is 14.9 Å². The molecular formula is C17H17N3O3. The highest BCUT2D eigenvalue weighted by Crippen LogP contribution is 2.33. The molecule has 1 aliphatic heterocycles. The summed E-state index contributed by atoms with van der Waals surface area (Å²) in [5.74, 6) is -0.0142. The lowest BCUT2D eigenvalue weighted by atomic mass is 10.1. The zero-order chi connectivity index (χ0) is 16.6. The topological polar surface area (TPSA) is 75.5 Å². The van der Waals surface area contributed by atoms with Gasteiger partial charge < -0.3 is 10.2 Å². The van der Waals surface area contributed by atoms with Crippen LogP contribution in [0.25, 0.3) is 0 Å². The minimum atomic E-state index is -0.431. The van der Waals surface area contributed by atoms with E-state index >= 15 is 0 Å². The molecule has 1 N–H and O–H groups in total. The Labute approximate surface area is 133 Å². The molecule has 6 nitrogen and oxygen atoms in total. The number of nitro benzene ring substituents is 1. The van der Waals surface area contributed by atoms with Crippen LogP contribution in [0, 0.1) is 17.0 Å². The van der Waals surface area contributed by atoms with E-state index < -0.39 is 4.92 Å². The molecule has 118 valence electrons. The number of carbonyl (C=O) groups is 1. The number of fused-ring (bicyclic) bond motifs is 1. The molecule has 1 atom stereocenters. The van der Waals surface area contributed by atoms with Gasteiger partial charge in [-0.25, -0.2) is 0 Å². The molecule has 0 saturated heterocycles. The van der Waals surface area contributed by atoms with E-state index in [4.69, 9.17) is 0 Å². The van der Waals surface area contributed by atoms with Crippen LogP contribution >= 0.6 is 0 Å². The Morgan fingerprint density at radius 1 is 1.22 bits per heavy atom. The van der Waals surface area contributed by atoms with Crippen molar-refractivity contribution in [2.45, 2.75) is 26.4 Å². The molecule has 2 aromatic carbocycles. The lowest BCUT2D eigenvalue weighted by molar-refractivity contribution is -0.384. The van der Waals surface area contributed by atoms with Gasteiger partial charge in [0, 0.05) is 12.1 Å². The summed E-state index contributed by atoms with van der Waals surface area (Å²) in [6.07, 6.45) is 0. The van der Waals surface area contributed by atoms with E-state index in [2.05, 4.69) is 5.32 Å².